The average molecular weight is 1040 g/mol. The number of aliphatic hydroxyl groups is 5. The molecule has 1 heterocycles. The Balaban J connectivity index is 2.23. The summed E-state index contributed by atoms with van der Waals surface area (Å²) in [6, 6.07) is -0.826. The zero-order valence-corrected chi connectivity index (χ0v) is 47.6. The first-order chi connectivity index (χ1) is 36.3. The lowest BCUT2D eigenvalue weighted by atomic mass is 9.99. The highest BCUT2D eigenvalue weighted by atomic mass is 16.7. The van der Waals surface area contributed by atoms with Crippen LogP contribution in [0.3, 0.4) is 0 Å². The van der Waals surface area contributed by atoms with E-state index in [1.807, 2.05) is 6.08 Å². The second kappa shape index (κ2) is 53.8. The summed E-state index contributed by atoms with van der Waals surface area (Å²) in [6.45, 7) is 3.67. The molecule has 1 aliphatic rings. The molecule has 0 bridgehead atoms. The van der Waals surface area contributed by atoms with E-state index in [-0.39, 0.29) is 12.5 Å². The Hall–Kier alpha value is -2.63. The third-order valence-corrected chi connectivity index (χ3v) is 14.2. The lowest BCUT2D eigenvalue weighted by molar-refractivity contribution is -0.302. The minimum absolute atomic E-state index is 0.202. The first-order valence-corrected chi connectivity index (χ1v) is 30.8. The Morgan fingerprint density at radius 1 is 0.473 bits per heavy atom. The second-order valence-corrected chi connectivity index (χ2v) is 21.1. The van der Waals surface area contributed by atoms with Crippen molar-refractivity contribution in [3.8, 4) is 0 Å². The lowest BCUT2D eigenvalue weighted by Crippen LogP contribution is -2.60. The molecule has 9 nitrogen and oxygen atoms in total. The van der Waals surface area contributed by atoms with Gasteiger partial charge in [-0.2, -0.15) is 0 Å². The van der Waals surface area contributed by atoms with Gasteiger partial charge >= 0.3 is 0 Å². The van der Waals surface area contributed by atoms with Gasteiger partial charge in [0.2, 0.25) is 5.91 Å². The molecule has 428 valence electrons. The van der Waals surface area contributed by atoms with Gasteiger partial charge in [-0.05, 0) is 70.6 Å². The third kappa shape index (κ3) is 42.5. The molecule has 7 unspecified atom stereocenters. The second-order valence-electron chi connectivity index (χ2n) is 21.1. The Bertz CT molecular complexity index is 1440. The number of ether oxygens (including phenoxy) is 2. The van der Waals surface area contributed by atoms with Gasteiger partial charge in [0.05, 0.1) is 25.4 Å². The van der Waals surface area contributed by atoms with E-state index in [0.29, 0.717) is 6.42 Å². The maximum atomic E-state index is 13.1. The quantitative estimate of drug-likeness (QED) is 0.0261. The SMILES string of the molecule is CC/C=C\C/C=C\C/C=C\C/C=C\C/C=C\C/C=C\CCCCCCC(=O)NC(COC1OC(CO)C(O)C(O)C1O)C(O)/C=C/CCCCCCCCCCCCCCCCCCCCCCCCCCCC. The largest absolute Gasteiger partial charge is 0.394 e. The summed E-state index contributed by atoms with van der Waals surface area (Å²) in [5.41, 5.74) is 0. The molecular weight excluding hydrogens is 923 g/mol. The van der Waals surface area contributed by atoms with E-state index in [9.17, 15) is 30.3 Å². The van der Waals surface area contributed by atoms with Crippen molar-refractivity contribution in [1.29, 1.82) is 0 Å². The first kappa shape index (κ1) is 69.4. The molecule has 1 amide bonds. The summed E-state index contributed by atoms with van der Waals surface area (Å²) in [7, 11) is 0. The van der Waals surface area contributed by atoms with Crippen molar-refractivity contribution >= 4 is 5.91 Å². The molecule has 0 aromatic carbocycles. The molecule has 1 saturated heterocycles. The van der Waals surface area contributed by atoms with E-state index >= 15 is 0 Å². The molecule has 1 aliphatic heterocycles. The van der Waals surface area contributed by atoms with E-state index in [2.05, 4.69) is 92.1 Å². The fraction of sp³-hybridized carbons (Fsp3) is 0.769. The fourth-order valence-electron chi connectivity index (χ4n) is 9.40. The van der Waals surface area contributed by atoms with Crippen molar-refractivity contribution in [3.63, 3.8) is 0 Å². The molecule has 0 aromatic rings. The summed E-state index contributed by atoms with van der Waals surface area (Å²) in [5, 5.41) is 54.6. The average Bonchev–Trinajstić information content (AvgIpc) is 3.40. The topological polar surface area (TPSA) is 149 Å². The smallest absolute Gasteiger partial charge is 0.220 e. The molecule has 0 aliphatic carbocycles. The summed E-state index contributed by atoms with van der Waals surface area (Å²) < 4.78 is 11.3. The van der Waals surface area contributed by atoms with Crippen LogP contribution >= 0.6 is 0 Å². The molecular formula is C65H115NO8. The van der Waals surface area contributed by atoms with Crippen LogP contribution in [-0.4, -0.2) is 87.5 Å². The Morgan fingerprint density at radius 2 is 0.838 bits per heavy atom. The minimum Gasteiger partial charge on any atom is -0.394 e. The number of nitrogens with one attached hydrogen (secondary N) is 1. The van der Waals surface area contributed by atoms with Crippen molar-refractivity contribution in [2.75, 3.05) is 13.2 Å². The lowest BCUT2D eigenvalue weighted by Gasteiger charge is -2.40. The van der Waals surface area contributed by atoms with Crippen molar-refractivity contribution in [1.82, 2.24) is 5.32 Å². The van der Waals surface area contributed by atoms with Gasteiger partial charge in [0.15, 0.2) is 6.29 Å². The molecule has 74 heavy (non-hydrogen) atoms. The number of carbonyl (C=O) groups excluding carboxylic acids is 1. The number of aliphatic hydroxyl groups excluding tert-OH is 5. The number of rotatable bonds is 52. The van der Waals surface area contributed by atoms with Crippen LogP contribution in [0.15, 0.2) is 85.1 Å². The van der Waals surface area contributed by atoms with E-state index in [1.54, 1.807) is 6.08 Å². The van der Waals surface area contributed by atoms with Gasteiger partial charge in [0.25, 0.3) is 0 Å². The number of hydrogen-bond acceptors (Lipinski definition) is 8. The van der Waals surface area contributed by atoms with E-state index in [0.717, 1.165) is 89.9 Å². The monoisotopic (exact) mass is 1040 g/mol. The third-order valence-electron chi connectivity index (χ3n) is 14.2. The zero-order valence-electron chi connectivity index (χ0n) is 47.6. The molecule has 7 atom stereocenters. The number of amides is 1. The standard InChI is InChI=1S/C65H115NO8/c1-3-5-7-9-11-13-15-17-19-21-23-25-27-28-29-30-31-33-34-36-38-40-42-44-46-48-50-52-54-59(68)58(57-73-65-64(72)63(71)62(70)60(56-67)74-65)66-61(69)55-53-51-49-47-45-43-41-39-37-35-32-26-24-22-20-18-16-14-12-10-8-6-4-2/h6,8,12,14,18,20,24,26,35,37,41,43,52,54,58-60,62-65,67-68,70-72H,3-5,7,9-11,13,15-17,19,21-23,25,27-34,36,38-40,42,44-51,53,55-57H2,1-2H3,(H,66,69)/b8-6-,14-12-,20-18-,26-24-,37-35-,43-41-,54-52+. The van der Waals surface area contributed by atoms with Gasteiger partial charge in [-0.1, -0.05) is 272 Å². The molecule has 0 aromatic heterocycles. The first-order valence-electron chi connectivity index (χ1n) is 30.8. The summed E-state index contributed by atoms with van der Waals surface area (Å²) in [5.74, 6) is -0.202. The highest BCUT2D eigenvalue weighted by Crippen LogP contribution is 2.23. The van der Waals surface area contributed by atoms with Crippen LogP contribution in [0.4, 0.5) is 0 Å². The molecule has 1 fully saturated rings. The van der Waals surface area contributed by atoms with Gasteiger partial charge in [-0.15, -0.1) is 0 Å². The van der Waals surface area contributed by atoms with Crippen LogP contribution < -0.4 is 5.32 Å². The molecule has 1 rings (SSSR count). The molecule has 6 N–H and O–H groups in total. The van der Waals surface area contributed by atoms with E-state index in [4.69, 9.17) is 9.47 Å². The maximum Gasteiger partial charge on any atom is 0.220 e. The summed E-state index contributed by atoms with van der Waals surface area (Å²) in [4.78, 5) is 13.1. The van der Waals surface area contributed by atoms with Gasteiger partial charge in [-0.25, -0.2) is 0 Å². The molecule has 0 spiro atoms. The summed E-state index contributed by atoms with van der Waals surface area (Å²) >= 11 is 0. The molecule has 0 radical (unpaired) electrons. The number of hydrogen-bond donors (Lipinski definition) is 6. The van der Waals surface area contributed by atoms with Crippen molar-refractivity contribution in [2.45, 2.75) is 307 Å². The van der Waals surface area contributed by atoms with Crippen molar-refractivity contribution < 1.29 is 39.8 Å². The van der Waals surface area contributed by atoms with Crippen LogP contribution in [0, 0.1) is 0 Å². The van der Waals surface area contributed by atoms with Gasteiger partial charge in [-0.3, -0.25) is 4.79 Å². The number of unbranched alkanes of at least 4 members (excludes halogenated alkanes) is 30. The Morgan fingerprint density at radius 3 is 1.24 bits per heavy atom. The van der Waals surface area contributed by atoms with E-state index < -0.39 is 49.5 Å². The minimum atomic E-state index is -1.58. The van der Waals surface area contributed by atoms with Crippen LogP contribution in [0.2, 0.25) is 0 Å². The highest BCUT2D eigenvalue weighted by molar-refractivity contribution is 5.76. The number of allylic oxidation sites excluding steroid dienone is 13. The van der Waals surface area contributed by atoms with Crippen LogP contribution in [0.1, 0.15) is 264 Å². The van der Waals surface area contributed by atoms with Crippen molar-refractivity contribution in [3.05, 3.63) is 85.1 Å². The van der Waals surface area contributed by atoms with Crippen molar-refractivity contribution in [2.24, 2.45) is 0 Å². The van der Waals surface area contributed by atoms with Gasteiger partial charge < -0.3 is 40.3 Å². The number of carbonyl (C=O) groups is 1. The zero-order chi connectivity index (χ0) is 53.6. The Labute approximate surface area is 454 Å². The maximum absolute atomic E-state index is 13.1. The Kier molecular flexibility index (Phi) is 50.4. The van der Waals surface area contributed by atoms with Crippen LogP contribution in [-0.2, 0) is 14.3 Å². The van der Waals surface area contributed by atoms with Gasteiger partial charge in [0, 0.05) is 6.42 Å². The molecule has 9 heteroatoms. The summed E-state index contributed by atoms with van der Waals surface area (Å²) in [6.07, 6.45) is 69.4. The predicted molar refractivity (Wildman–Crippen MR) is 313 cm³/mol. The highest BCUT2D eigenvalue weighted by Gasteiger charge is 2.44. The van der Waals surface area contributed by atoms with E-state index in [1.165, 1.54) is 154 Å². The fourth-order valence-corrected chi connectivity index (χ4v) is 9.40. The predicted octanol–water partition coefficient (Wildman–Crippen LogP) is 15.8. The normalized spacial score (nSPS) is 19.6. The van der Waals surface area contributed by atoms with Crippen LogP contribution in [0.25, 0.3) is 0 Å². The molecule has 0 saturated carbocycles. The van der Waals surface area contributed by atoms with Crippen LogP contribution in [0.5, 0.6) is 0 Å². The van der Waals surface area contributed by atoms with Gasteiger partial charge in [0.1, 0.15) is 24.4 Å².